The molecule has 4 aromatic carbocycles. The molecule has 3 N–H and O–H groups in total. The Kier molecular flexibility index (Phi) is 11.1. The van der Waals surface area contributed by atoms with Gasteiger partial charge in [-0.05, 0) is 64.2 Å². The standard InChI is InChI=1S/C34H30Cl3NO6S/c35-34(36,37)33(42)38-18-22-3-1-4-25(15-22)26-5-2-6-27(16-26)32-43-28(20-45-29-13-11-24(12-14-29)31(40)41)17-30(44-32)23-9-7-21(19-39)8-10-23/h1-16,28,30,32,39H,17-20H2,(H,38,42)(H,40,41)/t28-,30+,32+/m1/s1. The van der Waals surface area contributed by atoms with Gasteiger partial charge in [-0.25, -0.2) is 4.79 Å². The lowest BCUT2D eigenvalue weighted by Crippen LogP contribution is -2.33. The molecule has 1 fully saturated rings. The summed E-state index contributed by atoms with van der Waals surface area (Å²) in [4.78, 5) is 24.2. The summed E-state index contributed by atoms with van der Waals surface area (Å²) in [5, 5.41) is 21.3. The maximum Gasteiger partial charge on any atom is 0.335 e. The molecule has 11 heteroatoms. The van der Waals surface area contributed by atoms with Gasteiger partial charge in [0.2, 0.25) is 0 Å². The molecule has 0 bridgehead atoms. The molecule has 4 aromatic rings. The van der Waals surface area contributed by atoms with Gasteiger partial charge in [0.1, 0.15) is 0 Å². The van der Waals surface area contributed by atoms with Crippen molar-refractivity contribution in [3.8, 4) is 11.1 Å². The molecule has 1 heterocycles. The van der Waals surface area contributed by atoms with E-state index in [9.17, 15) is 19.8 Å². The number of carbonyl (C=O) groups is 2. The highest BCUT2D eigenvalue weighted by Crippen LogP contribution is 2.40. The molecule has 0 unspecified atom stereocenters. The number of carboxylic acid groups (broad SMARTS) is 1. The van der Waals surface area contributed by atoms with Crippen LogP contribution in [-0.2, 0) is 27.4 Å². The first-order chi connectivity index (χ1) is 21.6. The first-order valence-corrected chi connectivity index (χ1v) is 16.2. The van der Waals surface area contributed by atoms with Crippen LogP contribution in [0.2, 0.25) is 0 Å². The summed E-state index contributed by atoms with van der Waals surface area (Å²) in [5.74, 6) is -1.02. The molecule has 1 saturated heterocycles. The first kappa shape index (κ1) is 33.3. The van der Waals surface area contributed by atoms with Crippen LogP contribution in [0.25, 0.3) is 11.1 Å². The number of thioether (sulfide) groups is 1. The fourth-order valence-corrected chi connectivity index (χ4v) is 6.04. The molecule has 234 valence electrons. The number of rotatable bonds is 10. The highest BCUT2D eigenvalue weighted by molar-refractivity contribution is 7.99. The van der Waals surface area contributed by atoms with Crippen molar-refractivity contribution in [1.29, 1.82) is 0 Å². The summed E-state index contributed by atoms with van der Waals surface area (Å²) in [5.41, 5.74) is 5.61. The molecule has 5 rings (SSSR count). The minimum absolute atomic E-state index is 0.0370. The zero-order chi connectivity index (χ0) is 32.0. The number of benzene rings is 4. The topological polar surface area (TPSA) is 105 Å². The van der Waals surface area contributed by atoms with E-state index in [1.165, 1.54) is 0 Å². The van der Waals surface area contributed by atoms with Gasteiger partial charge >= 0.3 is 5.97 Å². The summed E-state index contributed by atoms with van der Waals surface area (Å²) < 4.78 is 11.0. The smallest absolute Gasteiger partial charge is 0.335 e. The zero-order valence-corrected chi connectivity index (χ0v) is 27.0. The van der Waals surface area contributed by atoms with Crippen LogP contribution in [-0.4, -0.2) is 37.7 Å². The number of hydrogen-bond donors (Lipinski definition) is 3. The van der Waals surface area contributed by atoms with E-state index < -0.39 is 22.0 Å². The van der Waals surface area contributed by atoms with Gasteiger partial charge in [0.25, 0.3) is 9.70 Å². The van der Waals surface area contributed by atoms with Crippen LogP contribution in [0.5, 0.6) is 0 Å². The quantitative estimate of drug-likeness (QED) is 0.115. The maximum absolute atomic E-state index is 12.0. The monoisotopic (exact) mass is 685 g/mol. The van der Waals surface area contributed by atoms with Crippen LogP contribution in [0.1, 0.15) is 51.4 Å². The molecule has 45 heavy (non-hydrogen) atoms. The number of carbonyl (C=O) groups excluding carboxylic acids is 1. The Morgan fingerprint density at radius 1 is 0.844 bits per heavy atom. The Labute approximate surface area is 280 Å². The normalized spacial score (nSPS) is 18.4. The van der Waals surface area contributed by atoms with Gasteiger partial charge in [-0.15, -0.1) is 11.8 Å². The van der Waals surface area contributed by atoms with Gasteiger partial charge in [0, 0.05) is 29.2 Å². The lowest BCUT2D eigenvalue weighted by molar-refractivity contribution is -0.245. The second-order valence-corrected chi connectivity index (χ2v) is 13.9. The summed E-state index contributed by atoms with van der Waals surface area (Å²) in [6.45, 7) is 0.162. The third kappa shape index (κ3) is 9.01. The van der Waals surface area contributed by atoms with E-state index in [-0.39, 0.29) is 30.9 Å². The van der Waals surface area contributed by atoms with Crippen LogP contribution >= 0.6 is 46.6 Å². The van der Waals surface area contributed by atoms with Crippen molar-refractivity contribution in [2.24, 2.45) is 0 Å². The number of amides is 1. The molecule has 1 aliphatic rings. The average Bonchev–Trinajstić information content (AvgIpc) is 3.06. The van der Waals surface area contributed by atoms with Crippen LogP contribution in [0.3, 0.4) is 0 Å². The predicted molar refractivity (Wildman–Crippen MR) is 177 cm³/mol. The molecule has 0 aromatic heterocycles. The largest absolute Gasteiger partial charge is 0.478 e. The van der Waals surface area contributed by atoms with Crippen LogP contribution in [0.4, 0.5) is 0 Å². The number of aromatic carboxylic acids is 1. The van der Waals surface area contributed by atoms with Crippen molar-refractivity contribution in [3.05, 3.63) is 125 Å². The third-order valence-corrected chi connectivity index (χ3v) is 8.94. The van der Waals surface area contributed by atoms with E-state index in [0.717, 1.165) is 38.3 Å². The van der Waals surface area contributed by atoms with Crippen LogP contribution in [0.15, 0.2) is 102 Å². The lowest BCUT2D eigenvalue weighted by atomic mass is 9.99. The molecular weight excluding hydrogens is 657 g/mol. The summed E-state index contributed by atoms with van der Waals surface area (Å²) >= 11 is 18.6. The molecule has 0 radical (unpaired) electrons. The van der Waals surface area contributed by atoms with Crippen molar-refractivity contribution >= 4 is 58.4 Å². The Morgan fingerprint density at radius 3 is 2.20 bits per heavy atom. The fraction of sp³-hybridized carbons (Fsp3) is 0.235. The number of aliphatic hydroxyl groups excluding tert-OH is 1. The van der Waals surface area contributed by atoms with Crippen LogP contribution < -0.4 is 5.32 Å². The molecule has 0 saturated carbocycles. The van der Waals surface area contributed by atoms with Gasteiger partial charge in [-0.2, -0.15) is 0 Å². The summed E-state index contributed by atoms with van der Waals surface area (Å²) in [6, 6.07) is 30.1. The van der Waals surface area contributed by atoms with Crippen LogP contribution in [0, 0.1) is 0 Å². The van der Waals surface area contributed by atoms with Crippen molar-refractivity contribution in [3.63, 3.8) is 0 Å². The lowest BCUT2D eigenvalue weighted by Gasteiger charge is -2.36. The second-order valence-electron chi connectivity index (χ2n) is 10.5. The number of carboxylic acids is 1. The maximum atomic E-state index is 12.0. The molecule has 0 aliphatic carbocycles. The van der Waals surface area contributed by atoms with Gasteiger partial charge in [-0.1, -0.05) is 95.5 Å². The third-order valence-electron chi connectivity index (χ3n) is 7.28. The first-order valence-electron chi connectivity index (χ1n) is 14.1. The number of ether oxygens (including phenoxy) is 2. The molecular formula is C34H30Cl3NO6S. The van der Waals surface area contributed by atoms with Crippen molar-refractivity contribution in [2.75, 3.05) is 5.75 Å². The Balaban J connectivity index is 1.35. The highest BCUT2D eigenvalue weighted by atomic mass is 35.6. The SMILES string of the molecule is O=C(O)c1ccc(SC[C@H]2C[C@@H](c3ccc(CO)cc3)O[C@@H](c3cccc(-c4cccc(CNC(=O)C(Cl)(Cl)Cl)c4)c3)O2)cc1. The number of halogens is 3. The number of hydrogen-bond acceptors (Lipinski definition) is 6. The van der Waals surface area contributed by atoms with Crippen molar-refractivity contribution < 1.29 is 29.3 Å². The van der Waals surface area contributed by atoms with Crippen molar-refractivity contribution in [1.82, 2.24) is 5.32 Å². The fourth-order valence-electron chi connectivity index (χ4n) is 4.91. The Bertz CT molecular complexity index is 1630. The van der Waals surface area contributed by atoms with E-state index in [2.05, 4.69) is 5.32 Å². The zero-order valence-electron chi connectivity index (χ0n) is 23.9. The average molecular weight is 687 g/mol. The van der Waals surface area contributed by atoms with E-state index >= 15 is 0 Å². The highest BCUT2D eigenvalue weighted by Gasteiger charge is 2.33. The van der Waals surface area contributed by atoms with E-state index in [4.69, 9.17) is 44.3 Å². The molecule has 7 nitrogen and oxygen atoms in total. The van der Waals surface area contributed by atoms with Gasteiger partial charge in [-0.3, -0.25) is 4.79 Å². The summed E-state index contributed by atoms with van der Waals surface area (Å²) in [6.07, 6.45) is -0.432. The molecule has 1 aliphatic heterocycles. The van der Waals surface area contributed by atoms with Gasteiger partial charge in [0.05, 0.1) is 24.4 Å². The number of alkyl halides is 3. The van der Waals surface area contributed by atoms with E-state index in [1.54, 1.807) is 36.0 Å². The molecule has 0 spiro atoms. The van der Waals surface area contributed by atoms with E-state index in [0.29, 0.717) is 12.2 Å². The van der Waals surface area contributed by atoms with Crippen molar-refractivity contribution in [2.45, 2.75) is 46.8 Å². The predicted octanol–water partition coefficient (Wildman–Crippen LogP) is 7.87. The minimum Gasteiger partial charge on any atom is -0.478 e. The molecule has 3 atom stereocenters. The molecule has 1 amide bonds. The Hall–Kier alpha value is -3.08. The summed E-state index contributed by atoms with van der Waals surface area (Å²) in [7, 11) is 0. The second kappa shape index (κ2) is 15.0. The van der Waals surface area contributed by atoms with Gasteiger partial charge in [0.15, 0.2) is 6.29 Å². The number of nitrogens with one attached hydrogen (secondary N) is 1. The Morgan fingerprint density at radius 2 is 1.53 bits per heavy atom. The van der Waals surface area contributed by atoms with Gasteiger partial charge < -0.3 is 25.0 Å². The minimum atomic E-state index is -2.04. The number of aliphatic hydroxyl groups is 1. The van der Waals surface area contributed by atoms with E-state index in [1.807, 2.05) is 72.8 Å².